The molecule has 1 saturated heterocycles. The largest absolute Gasteiger partial charge is 0.491 e. The van der Waals surface area contributed by atoms with Crippen LogP contribution < -0.4 is 10.2 Å². The quantitative estimate of drug-likeness (QED) is 0.678. The normalized spacial score (nSPS) is 14.9. The van der Waals surface area contributed by atoms with Gasteiger partial charge in [-0.25, -0.2) is 4.98 Å². The predicted octanol–water partition coefficient (Wildman–Crippen LogP) is 4.24. The summed E-state index contributed by atoms with van der Waals surface area (Å²) in [5.41, 5.74) is 2.20. The van der Waals surface area contributed by atoms with Crippen molar-refractivity contribution in [2.75, 3.05) is 13.1 Å². The van der Waals surface area contributed by atoms with E-state index >= 15 is 0 Å². The first kappa shape index (κ1) is 17.7. The van der Waals surface area contributed by atoms with Crippen molar-refractivity contribution in [3.63, 3.8) is 0 Å². The lowest BCUT2D eigenvalue weighted by Crippen LogP contribution is -2.18. The number of rotatable bonds is 5. The summed E-state index contributed by atoms with van der Waals surface area (Å²) in [6.07, 6.45) is 4.42. The van der Waals surface area contributed by atoms with Gasteiger partial charge in [-0.2, -0.15) is 0 Å². The minimum atomic E-state index is -0.0653. The van der Waals surface area contributed by atoms with Gasteiger partial charge in [0.1, 0.15) is 11.5 Å². The summed E-state index contributed by atoms with van der Waals surface area (Å²) in [6.45, 7) is 7.03. The third-order valence-corrected chi connectivity index (χ3v) is 4.76. The Hall–Kier alpha value is -2.66. The number of nitrogens with zero attached hydrogens (tertiary/aromatic N) is 2. The van der Waals surface area contributed by atoms with Crippen LogP contribution in [0.15, 0.2) is 51.8 Å². The van der Waals surface area contributed by atoms with Gasteiger partial charge in [0, 0.05) is 24.4 Å². The van der Waals surface area contributed by atoms with Gasteiger partial charge in [0.15, 0.2) is 5.43 Å². The van der Waals surface area contributed by atoms with E-state index in [2.05, 4.69) is 9.88 Å². The minimum Gasteiger partial charge on any atom is -0.491 e. The molecule has 0 atom stereocenters. The molecule has 0 unspecified atom stereocenters. The lowest BCUT2D eigenvalue weighted by atomic mass is 10.1. The van der Waals surface area contributed by atoms with Crippen LogP contribution >= 0.6 is 0 Å². The molecular formula is C22H24N2O3. The zero-order valence-electron chi connectivity index (χ0n) is 15.8. The summed E-state index contributed by atoms with van der Waals surface area (Å²) in [4.78, 5) is 19.4. The van der Waals surface area contributed by atoms with Gasteiger partial charge in [-0.3, -0.25) is 9.69 Å². The van der Waals surface area contributed by atoms with Crippen LogP contribution in [0.2, 0.25) is 0 Å². The Kier molecular flexibility index (Phi) is 4.94. The molecule has 27 heavy (non-hydrogen) atoms. The molecule has 0 saturated carbocycles. The van der Waals surface area contributed by atoms with Gasteiger partial charge in [0.25, 0.3) is 0 Å². The van der Waals surface area contributed by atoms with Crippen molar-refractivity contribution in [2.45, 2.75) is 39.3 Å². The molecule has 3 heterocycles. The Bertz CT molecular complexity index is 987. The van der Waals surface area contributed by atoms with Gasteiger partial charge < -0.3 is 9.15 Å². The van der Waals surface area contributed by atoms with Crippen LogP contribution in [-0.4, -0.2) is 29.1 Å². The Balaban J connectivity index is 1.62. The third-order valence-electron chi connectivity index (χ3n) is 4.76. The summed E-state index contributed by atoms with van der Waals surface area (Å²) < 4.78 is 11.6. The van der Waals surface area contributed by atoms with Gasteiger partial charge in [-0.05, 0) is 75.7 Å². The smallest absolute Gasteiger partial charge is 0.230 e. The summed E-state index contributed by atoms with van der Waals surface area (Å²) in [7, 11) is 0. The maximum absolute atomic E-state index is 12.6. The van der Waals surface area contributed by atoms with Gasteiger partial charge in [-0.1, -0.05) is 0 Å². The number of hydrogen-bond acceptors (Lipinski definition) is 5. The molecule has 1 fully saturated rings. The van der Waals surface area contributed by atoms with Crippen LogP contribution in [0, 0.1) is 0 Å². The van der Waals surface area contributed by atoms with Crippen molar-refractivity contribution in [2.24, 2.45) is 0 Å². The minimum absolute atomic E-state index is 0.0653. The monoisotopic (exact) mass is 364 g/mol. The first-order chi connectivity index (χ1) is 13.1. The molecule has 0 amide bonds. The number of pyridine rings is 1. The molecule has 140 valence electrons. The molecule has 0 spiro atoms. The molecule has 5 heteroatoms. The van der Waals surface area contributed by atoms with Crippen molar-refractivity contribution in [1.29, 1.82) is 0 Å². The molecule has 0 bridgehead atoms. The Morgan fingerprint density at radius 2 is 1.89 bits per heavy atom. The van der Waals surface area contributed by atoms with E-state index in [1.165, 1.54) is 12.8 Å². The van der Waals surface area contributed by atoms with E-state index in [0.29, 0.717) is 16.9 Å². The fourth-order valence-electron chi connectivity index (χ4n) is 3.48. The fraction of sp³-hybridized carbons (Fsp3) is 0.364. The summed E-state index contributed by atoms with van der Waals surface area (Å²) in [5, 5.41) is 0.537. The number of ether oxygens (including phenoxy) is 1. The Labute approximate surface area is 158 Å². The van der Waals surface area contributed by atoms with Crippen LogP contribution in [0.25, 0.3) is 22.4 Å². The lowest BCUT2D eigenvalue weighted by Gasteiger charge is -2.14. The van der Waals surface area contributed by atoms with Crippen molar-refractivity contribution in [3.8, 4) is 17.1 Å². The van der Waals surface area contributed by atoms with Crippen LogP contribution in [0.3, 0.4) is 0 Å². The Morgan fingerprint density at radius 3 is 2.59 bits per heavy atom. The standard InChI is InChI=1S/C22H24N2O3/c1-15(2)26-18-7-5-17(6-8-18)21-12-20(25)19-11-16(13-23-22(19)27-21)14-24-9-3-4-10-24/h5-8,11-13,15H,3-4,9-10,14H2,1-2H3. The molecule has 1 aliphatic heterocycles. The van der Waals surface area contributed by atoms with Gasteiger partial charge in [0.2, 0.25) is 5.71 Å². The van der Waals surface area contributed by atoms with E-state index in [9.17, 15) is 4.79 Å². The topological polar surface area (TPSA) is 55.6 Å². The highest BCUT2D eigenvalue weighted by Crippen LogP contribution is 2.24. The van der Waals surface area contributed by atoms with E-state index in [4.69, 9.17) is 9.15 Å². The second kappa shape index (κ2) is 7.53. The summed E-state index contributed by atoms with van der Waals surface area (Å²) >= 11 is 0. The highest BCUT2D eigenvalue weighted by Gasteiger charge is 2.14. The predicted molar refractivity (Wildman–Crippen MR) is 106 cm³/mol. The highest BCUT2D eigenvalue weighted by molar-refractivity contribution is 5.75. The average Bonchev–Trinajstić information content (AvgIpc) is 3.15. The average molecular weight is 364 g/mol. The number of hydrogen-bond donors (Lipinski definition) is 0. The van der Waals surface area contributed by atoms with Gasteiger partial charge >= 0.3 is 0 Å². The van der Waals surface area contributed by atoms with E-state index in [1.807, 2.05) is 50.4 Å². The number of aromatic nitrogens is 1. The van der Waals surface area contributed by atoms with Crippen LogP contribution in [-0.2, 0) is 6.54 Å². The van der Waals surface area contributed by atoms with Gasteiger partial charge in [-0.15, -0.1) is 0 Å². The molecule has 2 aromatic heterocycles. The zero-order chi connectivity index (χ0) is 18.8. The third kappa shape index (κ3) is 4.03. The molecule has 0 radical (unpaired) electrons. The molecule has 1 aromatic carbocycles. The molecule has 1 aliphatic rings. The van der Waals surface area contributed by atoms with Crippen molar-refractivity contribution in [3.05, 3.63) is 58.4 Å². The zero-order valence-corrected chi connectivity index (χ0v) is 15.8. The van der Waals surface area contributed by atoms with E-state index in [0.717, 1.165) is 36.5 Å². The molecule has 0 aliphatic carbocycles. The van der Waals surface area contributed by atoms with Crippen molar-refractivity contribution < 1.29 is 9.15 Å². The van der Waals surface area contributed by atoms with E-state index in [-0.39, 0.29) is 11.5 Å². The van der Waals surface area contributed by atoms with Crippen LogP contribution in [0.1, 0.15) is 32.3 Å². The molecular weight excluding hydrogens is 340 g/mol. The fourth-order valence-corrected chi connectivity index (χ4v) is 3.48. The molecule has 3 aromatic rings. The highest BCUT2D eigenvalue weighted by atomic mass is 16.5. The molecule has 5 nitrogen and oxygen atoms in total. The second-order valence-corrected chi connectivity index (χ2v) is 7.35. The molecule has 0 N–H and O–H groups in total. The van der Waals surface area contributed by atoms with Crippen molar-refractivity contribution in [1.82, 2.24) is 9.88 Å². The number of benzene rings is 1. The van der Waals surface area contributed by atoms with Crippen LogP contribution in [0.4, 0.5) is 0 Å². The maximum atomic E-state index is 12.6. The maximum Gasteiger partial charge on any atom is 0.230 e. The van der Waals surface area contributed by atoms with Crippen molar-refractivity contribution >= 4 is 11.1 Å². The second-order valence-electron chi connectivity index (χ2n) is 7.35. The number of likely N-dealkylation sites (tertiary alicyclic amines) is 1. The molecule has 4 rings (SSSR count). The first-order valence-corrected chi connectivity index (χ1v) is 9.51. The van der Waals surface area contributed by atoms with Crippen LogP contribution in [0.5, 0.6) is 5.75 Å². The first-order valence-electron chi connectivity index (χ1n) is 9.51. The van der Waals surface area contributed by atoms with E-state index < -0.39 is 0 Å². The van der Waals surface area contributed by atoms with E-state index in [1.54, 1.807) is 6.07 Å². The number of fused-ring (bicyclic) bond motifs is 1. The summed E-state index contributed by atoms with van der Waals surface area (Å²) in [6, 6.07) is 11.0. The summed E-state index contributed by atoms with van der Waals surface area (Å²) in [5.74, 6) is 1.31. The Morgan fingerprint density at radius 1 is 1.15 bits per heavy atom. The lowest BCUT2D eigenvalue weighted by molar-refractivity contribution is 0.242. The van der Waals surface area contributed by atoms with Gasteiger partial charge in [0.05, 0.1) is 11.5 Å². The SMILES string of the molecule is CC(C)Oc1ccc(-c2cc(=O)c3cc(CN4CCCC4)cnc3o2)cc1.